The maximum Gasteiger partial charge on any atom is 0.255 e. The van der Waals surface area contributed by atoms with Gasteiger partial charge in [0.1, 0.15) is 5.75 Å². The highest BCUT2D eigenvalue weighted by Crippen LogP contribution is 2.37. The molecule has 0 spiro atoms. The summed E-state index contributed by atoms with van der Waals surface area (Å²) >= 11 is 0. The number of allylic oxidation sites excluding steroid dienone is 2. The van der Waals surface area contributed by atoms with Crippen LogP contribution < -0.4 is 15.0 Å². The number of nitrogens with zero attached hydrogens (tertiary/aromatic N) is 1. The number of fused-ring (bicyclic) bond motifs is 1. The van der Waals surface area contributed by atoms with Gasteiger partial charge in [-0.1, -0.05) is 18.2 Å². The molecule has 2 atom stereocenters. The normalized spacial score (nSPS) is 20.8. The van der Waals surface area contributed by atoms with E-state index in [-0.39, 0.29) is 29.6 Å². The van der Waals surface area contributed by atoms with Crippen LogP contribution in [0.1, 0.15) is 23.2 Å². The molecule has 0 radical (unpaired) electrons. The van der Waals surface area contributed by atoms with Crippen molar-refractivity contribution >= 4 is 29.1 Å². The molecule has 0 aromatic heterocycles. The van der Waals surface area contributed by atoms with Gasteiger partial charge in [0.05, 0.1) is 24.6 Å². The lowest BCUT2D eigenvalue weighted by atomic mass is 9.85. The van der Waals surface area contributed by atoms with Crippen molar-refractivity contribution in [3.63, 3.8) is 0 Å². The number of hydrogen-bond donors (Lipinski definition) is 1. The van der Waals surface area contributed by atoms with Crippen LogP contribution in [0.4, 0.5) is 11.4 Å². The van der Waals surface area contributed by atoms with Gasteiger partial charge in [0.2, 0.25) is 11.8 Å². The Hall–Kier alpha value is -3.41. The summed E-state index contributed by atoms with van der Waals surface area (Å²) in [6.07, 6.45) is 5.13. The van der Waals surface area contributed by atoms with E-state index in [1.165, 1.54) is 4.90 Å². The number of benzene rings is 2. The number of carbonyl (C=O) groups excluding carboxylic acids is 3. The van der Waals surface area contributed by atoms with Crippen LogP contribution in [0.15, 0.2) is 60.7 Å². The van der Waals surface area contributed by atoms with Crippen LogP contribution in [-0.2, 0) is 9.59 Å². The number of rotatable bonds is 4. The van der Waals surface area contributed by atoms with Crippen LogP contribution in [0.2, 0.25) is 0 Å². The molecule has 1 N–H and O–H groups in total. The minimum Gasteiger partial charge on any atom is -0.497 e. The Balaban J connectivity index is 1.50. The number of carbonyl (C=O) groups is 3. The monoisotopic (exact) mass is 376 g/mol. The van der Waals surface area contributed by atoms with E-state index < -0.39 is 0 Å². The fourth-order valence-electron chi connectivity index (χ4n) is 3.72. The third-order valence-corrected chi connectivity index (χ3v) is 5.22. The molecule has 1 aliphatic carbocycles. The largest absolute Gasteiger partial charge is 0.497 e. The number of methoxy groups -OCH3 is 1. The molecule has 2 aromatic rings. The predicted octanol–water partition coefficient (Wildman–Crippen LogP) is 3.40. The van der Waals surface area contributed by atoms with Gasteiger partial charge < -0.3 is 10.1 Å². The lowest BCUT2D eigenvalue weighted by Crippen LogP contribution is -2.30. The molecule has 1 heterocycles. The molecule has 142 valence electrons. The summed E-state index contributed by atoms with van der Waals surface area (Å²) in [6, 6.07) is 13.6. The van der Waals surface area contributed by atoms with Crippen molar-refractivity contribution < 1.29 is 19.1 Å². The molecule has 6 heteroatoms. The fraction of sp³-hybridized carbons (Fsp3) is 0.227. The third-order valence-electron chi connectivity index (χ3n) is 5.22. The van der Waals surface area contributed by atoms with Crippen LogP contribution in [0, 0.1) is 11.8 Å². The summed E-state index contributed by atoms with van der Waals surface area (Å²) in [5.74, 6) is -0.491. The number of ether oxygens (including phenoxy) is 1. The Morgan fingerprint density at radius 1 is 1.00 bits per heavy atom. The number of hydrogen-bond acceptors (Lipinski definition) is 4. The second-order valence-corrected chi connectivity index (χ2v) is 6.90. The molecule has 2 aliphatic rings. The van der Waals surface area contributed by atoms with E-state index in [9.17, 15) is 14.4 Å². The topological polar surface area (TPSA) is 75.7 Å². The molecule has 1 saturated heterocycles. The van der Waals surface area contributed by atoms with Gasteiger partial charge in [0, 0.05) is 17.3 Å². The molecule has 1 aliphatic heterocycles. The molecule has 6 nitrogen and oxygen atoms in total. The summed E-state index contributed by atoms with van der Waals surface area (Å²) in [5.41, 5.74) is 1.56. The molecule has 1 fully saturated rings. The SMILES string of the molecule is COc1cccc(NC(=O)c2ccc(N3C(=O)[C@H]4CC=CC[C@@H]4C3=O)cc2)c1. The van der Waals surface area contributed by atoms with E-state index in [0.717, 1.165) is 0 Å². The zero-order chi connectivity index (χ0) is 19.7. The van der Waals surface area contributed by atoms with Crippen molar-refractivity contribution in [2.45, 2.75) is 12.8 Å². The summed E-state index contributed by atoms with van der Waals surface area (Å²) in [7, 11) is 1.56. The van der Waals surface area contributed by atoms with Gasteiger partial charge >= 0.3 is 0 Å². The number of nitrogens with one attached hydrogen (secondary N) is 1. The van der Waals surface area contributed by atoms with Crippen molar-refractivity contribution in [3.05, 3.63) is 66.2 Å². The second kappa shape index (κ2) is 7.31. The lowest BCUT2D eigenvalue weighted by Gasteiger charge is -2.15. The van der Waals surface area contributed by atoms with Gasteiger partial charge in [-0.05, 0) is 49.2 Å². The summed E-state index contributed by atoms with van der Waals surface area (Å²) in [6.45, 7) is 0. The molecular weight excluding hydrogens is 356 g/mol. The Kier molecular flexibility index (Phi) is 4.69. The van der Waals surface area contributed by atoms with Gasteiger partial charge in [-0.25, -0.2) is 0 Å². The number of imide groups is 1. The first-order chi connectivity index (χ1) is 13.6. The van der Waals surface area contributed by atoms with Crippen LogP contribution >= 0.6 is 0 Å². The Bertz CT molecular complexity index is 939. The van der Waals surface area contributed by atoms with Gasteiger partial charge in [-0.3, -0.25) is 19.3 Å². The van der Waals surface area contributed by atoms with Crippen LogP contribution in [0.25, 0.3) is 0 Å². The first-order valence-corrected chi connectivity index (χ1v) is 9.17. The minimum atomic E-state index is -0.281. The summed E-state index contributed by atoms with van der Waals surface area (Å²) in [4.78, 5) is 39.0. The number of anilines is 2. The van der Waals surface area contributed by atoms with Crippen molar-refractivity contribution in [2.24, 2.45) is 11.8 Å². The Morgan fingerprint density at radius 3 is 2.25 bits per heavy atom. The first kappa shape index (κ1) is 18.0. The maximum absolute atomic E-state index is 12.7. The van der Waals surface area contributed by atoms with Gasteiger partial charge in [0.15, 0.2) is 0 Å². The lowest BCUT2D eigenvalue weighted by molar-refractivity contribution is -0.122. The highest BCUT2D eigenvalue weighted by molar-refractivity contribution is 6.22. The molecule has 3 amide bonds. The van der Waals surface area contributed by atoms with E-state index in [4.69, 9.17) is 4.74 Å². The van der Waals surface area contributed by atoms with Gasteiger partial charge in [-0.15, -0.1) is 0 Å². The average Bonchev–Trinajstić information content (AvgIpc) is 2.99. The highest BCUT2D eigenvalue weighted by atomic mass is 16.5. The molecule has 0 unspecified atom stereocenters. The Morgan fingerprint density at radius 2 is 1.64 bits per heavy atom. The van der Waals surface area contributed by atoms with E-state index in [2.05, 4.69) is 5.32 Å². The first-order valence-electron chi connectivity index (χ1n) is 9.17. The van der Waals surface area contributed by atoms with Crippen LogP contribution in [0.5, 0.6) is 5.75 Å². The van der Waals surface area contributed by atoms with Crippen molar-refractivity contribution in [3.8, 4) is 5.75 Å². The molecule has 4 rings (SSSR count). The Labute approximate surface area is 162 Å². The van der Waals surface area contributed by atoms with E-state index >= 15 is 0 Å². The quantitative estimate of drug-likeness (QED) is 0.655. The van der Waals surface area contributed by atoms with Crippen molar-refractivity contribution in [1.29, 1.82) is 0 Å². The maximum atomic E-state index is 12.7. The zero-order valence-electron chi connectivity index (χ0n) is 15.4. The smallest absolute Gasteiger partial charge is 0.255 e. The molecule has 28 heavy (non-hydrogen) atoms. The molecule has 0 bridgehead atoms. The van der Waals surface area contributed by atoms with E-state index in [1.54, 1.807) is 55.6 Å². The standard InChI is InChI=1S/C22H20N2O4/c1-28-17-6-4-5-15(13-17)23-20(25)14-9-11-16(12-10-14)24-21(26)18-7-2-3-8-19(18)22(24)27/h2-6,9-13,18-19H,7-8H2,1H3,(H,23,25)/t18-,19-/m0/s1. The fourth-order valence-corrected chi connectivity index (χ4v) is 3.72. The molecule has 2 aromatic carbocycles. The molecule has 0 saturated carbocycles. The van der Waals surface area contributed by atoms with Crippen molar-refractivity contribution in [2.75, 3.05) is 17.3 Å². The molecular formula is C22H20N2O4. The van der Waals surface area contributed by atoms with E-state index in [1.807, 2.05) is 12.2 Å². The summed E-state index contributed by atoms with van der Waals surface area (Å²) in [5, 5.41) is 2.81. The number of amides is 3. The van der Waals surface area contributed by atoms with E-state index in [0.29, 0.717) is 35.5 Å². The zero-order valence-corrected chi connectivity index (χ0v) is 15.4. The van der Waals surface area contributed by atoms with Crippen LogP contribution in [0.3, 0.4) is 0 Å². The average molecular weight is 376 g/mol. The predicted molar refractivity (Wildman–Crippen MR) is 105 cm³/mol. The van der Waals surface area contributed by atoms with Crippen molar-refractivity contribution in [1.82, 2.24) is 0 Å². The third kappa shape index (κ3) is 3.17. The second-order valence-electron chi connectivity index (χ2n) is 6.90. The minimum absolute atomic E-state index is 0.159. The van der Waals surface area contributed by atoms with Crippen LogP contribution in [-0.4, -0.2) is 24.8 Å². The summed E-state index contributed by atoms with van der Waals surface area (Å²) < 4.78 is 5.15. The van der Waals surface area contributed by atoms with Gasteiger partial charge in [-0.2, -0.15) is 0 Å². The van der Waals surface area contributed by atoms with Gasteiger partial charge in [0.25, 0.3) is 5.91 Å². The highest BCUT2D eigenvalue weighted by Gasteiger charge is 2.47.